The van der Waals surface area contributed by atoms with Gasteiger partial charge in [0.1, 0.15) is 6.33 Å². The minimum absolute atomic E-state index is 0.0758. The molecule has 2 N–H and O–H groups in total. The maximum Gasteiger partial charge on any atom is 0.115 e. The minimum Gasteiger partial charge on any atom is -0.322 e. The molecule has 2 rings (SSSR count). The smallest absolute Gasteiger partial charge is 0.115 e. The highest BCUT2D eigenvalue weighted by molar-refractivity contribution is 5.38. The third-order valence-electron chi connectivity index (χ3n) is 3.25. The van der Waals surface area contributed by atoms with Gasteiger partial charge in [-0.05, 0) is 49.9 Å². The van der Waals surface area contributed by atoms with E-state index in [2.05, 4.69) is 42.9 Å². The maximum atomic E-state index is 6.21. The van der Waals surface area contributed by atoms with Crippen molar-refractivity contribution in [2.45, 2.75) is 33.2 Å². The molecule has 3 nitrogen and oxygen atoms in total. The van der Waals surface area contributed by atoms with Gasteiger partial charge in [0, 0.05) is 6.20 Å². The van der Waals surface area contributed by atoms with Crippen LogP contribution in [0.3, 0.4) is 0 Å². The van der Waals surface area contributed by atoms with Gasteiger partial charge in [0.05, 0.1) is 11.7 Å². The van der Waals surface area contributed by atoms with Crippen molar-refractivity contribution in [3.8, 4) is 0 Å². The summed E-state index contributed by atoms with van der Waals surface area (Å²) in [5, 5.41) is 0. The van der Waals surface area contributed by atoms with Crippen LogP contribution in [0.5, 0.6) is 0 Å². The quantitative estimate of drug-likeness (QED) is 0.898. The van der Waals surface area contributed by atoms with Gasteiger partial charge in [0.15, 0.2) is 0 Å². The van der Waals surface area contributed by atoms with Crippen molar-refractivity contribution in [3.05, 3.63) is 58.7 Å². The van der Waals surface area contributed by atoms with Crippen LogP contribution in [0.1, 0.15) is 34.0 Å². The molecule has 0 aliphatic heterocycles. The van der Waals surface area contributed by atoms with Gasteiger partial charge in [0.25, 0.3) is 0 Å². The number of hydrogen-bond acceptors (Lipinski definition) is 3. The third-order valence-corrected chi connectivity index (χ3v) is 3.25. The van der Waals surface area contributed by atoms with Crippen LogP contribution in [-0.2, 0) is 6.42 Å². The molecule has 0 aliphatic rings. The molecule has 1 aromatic heterocycles. The van der Waals surface area contributed by atoms with E-state index in [-0.39, 0.29) is 6.04 Å². The summed E-state index contributed by atoms with van der Waals surface area (Å²) in [7, 11) is 0. The maximum absolute atomic E-state index is 6.21. The van der Waals surface area contributed by atoms with Crippen molar-refractivity contribution in [3.63, 3.8) is 0 Å². The number of aromatic nitrogens is 2. The Hall–Kier alpha value is -1.74. The molecule has 2 aromatic rings. The van der Waals surface area contributed by atoms with Gasteiger partial charge < -0.3 is 5.73 Å². The van der Waals surface area contributed by atoms with Gasteiger partial charge in [-0.15, -0.1) is 0 Å². The van der Waals surface area contributed by atoms with Crippen LogP contribution in [0.25, 0.3) is 0 Å². The molecule has 1 atom stereocenters. The lowest BCUT2D eigenvalue weighted by atomic mass is 9.93. The molecular formula is C15H19N3. The van der Waals surface area contributed by atoms with Crippen LogP contribution >= 0.6 is 0 Å². The average molecular weight is 241 g/mol. The summed E-state index contributed by atoms with van der Waals surface area (Å²) in [5.74, 6) is 0. The summed E-state index contributed by atoms with van der Waals surface area (Å²) < 4.78 is 0. The van der Waals surface area contributed by atoms with E-state index in [4.69, 9.17) is 5.73 Å². The molecule has 0 amide bonds. The summed E-state index contributed by atoms with van der Waals surface area (Å²) in [5.41, 5.74) is 12.3. The van der Waals surface area contributed by atoms with Crippen molar-refractivity contribution in [1.29, 1.82) is 0 Å². The first-order chi connectivity index (χ1) is 8.58. The van der Waals surface area contributed by atoms with Crippen LogP contribution in [0.15, 0.2) is 30.7 Å². The highest BCUT2D eigenvalue weighted by Crippen LogP contribution is 2.21. The molecule has 0 spiro atoms. The van der Waals surface area contributed by atoms with Crippen LogP contribution in [0.2, 0.25) is 0 Å². The van der Waals surface area contributed by atoms with Crippen molar-refractivity contribution >= 4 is 0 Å². The van der Waals surface area contributed by atoms with Gasteiger partial charge in [0.2, 0.25) is 0 Å². The average Bonchev–Trinajstić information content (AvgIpc) is 2.34. The van der Waals surface area contributed by atoms with E-state index in [1.165, 1.54) is 22.3 Å². The standard InChI is InChI=1S/C15H19N3/c1-10-6-11(2)13(12(3)7-10)8-14(16)15-4-5-17-9-18-15/h4-7,9,14H,8,16H2,1-3H3. The molecule has 0 saturated heterocycles. The topological polar surface area (TPSA) is 51.8 Å². The van der Waals surface area contributed by atoms with Gasteiger partial charge in [-0.3, -0.25) is 0 Å². The Balaban J connectivity index is 2.25. The molecule has 0 radical (unpaired) electrons. The fourth-order valence-electron chi connectivity index (χ4n) is 2.38. The second-order valence-electron chi connectivity index (χ2n) is 4.82. The van der Waals surface area contributed by atoms with Crippen molar-refractivity contribution < 1.29 is 0 Å². The molecule has 1 aromatic carbocycles. The lowest BCUT2D eigenvalue weighted by Crippen LogP contribution is -2.16. The lowest BCUT2D eigenvalue weighted by molar-refractivity contribution is 0.687. The first-order valence-electron chi connectivity index (χ1n) is 6.16. The van der Waals surface area contributed by atoms with E-state index < -0.39 is 0 Å². The predicted octanol–water partition coefficient (Wildman–Crippen LogP) is 2.64. The summed E-state index contributed by atoms with van der Waals surface area (Å²) in [6.45, 7) is 6.40. The summed E-state index contributed by atoms with van der Waals surface area (Å²) in [4.78, 5) is 8.13. The van der Waals surface area contributed by atoms with Gasteiger partial charge in [-0.1, -0.05) is 17.7 Å². The molecule has 3 heteroatoms. The van der Waals surface area contributed by atoms with Crippen LogP contribution in [-0.4, -0.2) is 9.97 Å². The zero-order chi connectivity index (χ0) is 13.1. The number of benzene rings is 1. The number of nitrogens with two attached hydrogens (primary N) is 1. The Kier molecular flexibility index (Phi) is 3.72. The first kappa shape index (κ1) is 12.7. The molecule has 1 unspecified atom stereocenters. The van der Waals surface area contributed by atoms with Crippen molar-refractivity contribution in [1.82, 2.24) is 9.97 Å². The fraction of sp³-hybridized carbons (Fsp3) is 0.333. The Morgan fingerprint density at radius 2 is 1.83 bits per heavy atom. The number of nitrogens with zero attached hydrogens (tertiary/aromatic N) is 2. The van der Waals surface area contributed by atoms with Crippen LogP contribution < -0.4 is 5.73 Å². The molecule has 0 fully saturated rings. The van der Waals surface area contributed by atoms with E-state index in [9.17, 15) is 0 Å². The Labute approximate surface area is 108 Å². The second-order valence-corrected chi connectivity index (χ2v) is 4.82. The van der Waals surface area contributed by atoms with Gasteiger partial charge >= 0.3 is 0 Å². The second kappa shape index (κ2) is 5.27. The lowest BCUT2D eigenvalue weighted by Gasteiger charge is -2.16. The number of aryl methyl sites for hydroxylation is 3. The summed E-state index contributed by atoms with van der Waals surface area (Å²) in [6.07, 6.45) is 4.09. The fourth-order valence-corrected chi connectivity index (χ4v) is 2.38. The molecule has 0 aliphatic carbocycles. The van der Waals surface area contributed by atoms with E-state index in [0.717, 1.165) is 12.1 Å². The van der Waals surface area contributed by atoms with Crippen LogP contribution in [0.4, 0.5) is 0 Å². The minimum atomic E-state index is -0.0758. The van der Waals surface area contributed by atoms with E-state index in [1.807, 2.05) is 6.07 Å². The normalized spacial score (nSPS) is 12.4. The first-order valence-corrected chi connectivity index (χ1v) is 6.16. The summed E-state index contributed by atoms with van der Waals surface area (Å²) >= 11 is 0. The van der Waals surface area contributed by atoms with Gasteiger partial charge in [-0.2, -0.15) is 0 Å². The third kappa shape index (κ3) is 2.74. The molecule has 0 saturated carbocycles. The largest absolute Gasteiger partial charge is 0.322 e. The van der Waals surface area contributed by atoms with Crippen molar-refractivity contribution in [2.75, 3.05) is 0 Å². The Bertz CT molecular complexity index is 512. The molecular weight excluding hydrogens is 222 g/mol. The highest BCUT2D eigenvalue weighted by Gasteiger charge is 2.12. The number of rotatable bonds is 3. The van der Waals surface area contributed by atoms with E-state index in [0.29, 0.717) is 0 Å². The summed E-state index contributed by atoms with van der Waals surface area (Å²) in [6, 6.07) is 6.21. The number of hydrogen-bond donors (Lipinski definition) is 1. The SMILES string of the molecule is Cc1cc(C)c(CC(N)c2ccncn2)c(C)c1. The molecule has 18 heavy (non-hydrogen) atoms. The van der Waals surface area contributed by atoms with Gasteiger partial charge in [-0.25, -0.2) is 9.97 Å². The molecule has 0 bridgehead atoms. The monoisotopic (exact) mass is 241 g/mol. The molecule has 94 valence electrons. The Morgan fingerprint density at radius 3 is 2.39 bits per heavy atom. The zero-order valence-corrected chi connectivity index (χ0v) is 11.1. The predicted molar refractivity (Wildman–Crippen MR) is 73.3 cm³/mol. The van der Waals surface area contributed by atoms with E-state index in [1.54, 1.807) is 12.5 Å². The van der Waals surface area contributed by atoms with Crippen LogP contribution in [0, 0.1) is 20.8 Å². The molecule has 1 heterocycles. The van der Waals surface area contributed by atoms with E-state index >= 15 is 0 Å². The zero-order valence-electron chi connectivity index (χ0n) is 11.1. The Morgan fingerprint density at radius 1 is 1.17 bits per heavy atom. The van der Waals surface area contributed by atoms with Crippen molar-refractivity contribution in [2.24, 2.45) is 5.73 Å². The highest BCUT2D eigenvalue weighted by atomic mass is 14.8.